The van der Waals surface area contributed by atoms with Crippen molar-refractivity contribution in [3.05, 3.63) is 192 Å². The van der Waals surface area contributed by atoms with E-state index >= 15 is 0 Å². The van der Waals surface area contributed by atoms with Crippen molar-refractivity contribution in [2.45, 2.75) is 43.0 Å². The summed E-state index contributed by atoms with van der Waals surface area (Å²) in [4.78, 5) is 41.2. The van der Waals surface area contributed by atoms with Crippen LogP contribution in [-0.2, 0) is 45.1 Å². The van der Waals surface area contributed by atoms with Gasteiger partial charge < -0.3 is 28.2 Å². The van der Waals surface area contributed by atoms with E-state index in [1.807, 2.05) is 60.7 Å². The molecule has 0 saturated carbocycles. The van der Waals surface area contributed by atoms with Gasteiger partial charge in [-0.15, -0.1) is 6.58 Å². The molecule has 1 fully saturated rings. The van der Waals surface area contributed by atoms with Crippen LogP contribution in [0.1, 0.15) is 42.2 Å². The van der Waals surface area contributed by atoms with Crippen molar-refractivity contribution in [1.82, 2.24) is 0 Å². The lowest BCUT2D eigenvalue weighted by Gasteiger charge is -2.44. The first-order valence-electron chi connectivity index (χ1n) is 17.8. The van der Waals surface area contributed by atoms with E-state index < -0.39 is 56.0 Å². The van der Waals surface area contributed by atoms with Gasteiger partial charge in [0, 0.05) is 0 Å². The van der Waals surface area contributed by atoms with Crippen LogP contribution in [0.15, 0.2) is 164 Å². The van der Waals surface area contributed by atoms with Crippen LogP contribution in [0.25, 0.3) is 0 Å². The van der Waals surface area contributed by atoms with Crippen LogP contribution in [-0.4, -0.2) is 61.8 Å². The van der Waals surface area contributed by atoms with E-state index in [2.05, 4.69) is 6.58 Å². The molecule has 0 bridgehead atoms. The molecular weight excluding hydrogens is 719 g/mol. The molecule has 1 aliphatic heterocycles. The number of rotatable bonds is 16. The lowest BCUT2D eigenvalue weighted by molar-refractivity contribution is -0.295. The second kappa shape index (κ2) is 19.1. The summed E-state index contributed by atoms with van der Waals surface area (Å²) in [5.41, 5.74) is 2.21. The Bertz CT molecular complexity index is 2000. The van der Waals surface area contributed by atoms with Crippen LogP contribution in [0.2, 0.25) is 0 Å². The molecule has 5 aromatic carbocycles. The first kappa shape index (κ1) is 39.1. The number of esters is 3. The van der Waals surface area contributed by atoms with E-state index in [0.717, 1.165) is 11.1 Å². The maximum Gasteiger partial charge on any atom is 0.338 e. The third-order valence-corrected chi connectivity index (χ3v) is 11.0. The van der Waals surface area contributed by atoms with E-state index in [-0.39, 0.29) is 42.2 Å². The molecule has 0 spiro atoms. The molecule has 6 rings (SSSR count). The van der Waals surface area contributed by atoms with Crippen molar-refractivity contribution in [1.29, 1.82) is 0 Å². The molecule has 55 heavy (non-hydrogen) atoms. The quantitative estimate of drug-likeness (QED) is 0.0420. The van der Waals surface area contributed by atoms with Crippen molar-refractivity contribution < 1.29 is 47.2 Å². The fourth-order valence-electron chi connectivity index (χ4n) is 6.09. The normalized spacial score (nSPS) is 19.5. The van der Waals surface area contributed by atoms with Crippen LogP contribution in [0, 0.1) is 0 Å². The molecule has 5 aromatic rings. The summed E-state index contributed by atoms with van der Waals surface area (Å²) in [5, 5.41) is 0. The number of carbonyl (C=O) groups excluding carboxylic acids is 3. The molecule has 0 unspecified atom stereocenters. The van der Waals surface area contributed by atoms with Gasteiger partial charge in [-0.1, -0.05) is 121 Å². The van der Waals surface area contributed by atoms with Crippen LogP contribution in [0.3, 0.4) is 0 Å². The highest BCUT2D eigenvalue weighted by Gasteiger charge is 2.53. The molecule has 282 valence electrons. The van der Waals surface area contributed by atoms with Crippen LogP contribution < -0.4 is 0 Å². The number of ether oxygens (including phenoxy) is 5. The Hall–Kier alpha value is -5.64. The summed E-state index contributed by atoms with van der Waals surface area (Å²) in [6.07, 6.45) is -5.32. The Morgan fingerprint density at radius 1 is 0.564 bits per heavy atom. The molecule has 0 amide bonds. The monoisotopic (exact) mass is 760 g/mol. The smallest absolute Gasteiger partial charge is 0.338 e. The molecular formula is C44H41O10P. The molecule has 1 saturated heterocycles. The highest BCUT2D eigenvalue weighted by Crippen LogP contribution is 2.54. The minimum atomic E-state index is -3.53. The van der Waals surface area contributed by atoms with Gasteiger partial charge >= 0.3 is 17.9 Å². The highest BCUT2D eigenvalue weighted by atomic mass is 31.2. The molecule has 0 N–H and O–H groups in total. The molecule has 0 aliphatic carbocycles. The zero-order valence-electron chi connectivity index (χ0n) is 30.0. The van der Waals surface area contributed by atoms with Crippen molar-refractivity contribution in [2.75, 3.05) is 13.2 Å². The van der Waals surface area contributed by atoms with E-state index in [0.29, 0.717) is 0 Å². The van der Waals surface area contributed by atoms with Gasteiger partial charge in [0.1, 0.15) is 6.10 Å². The Morgan fingerprint density at radius 3 is 1.36 bits per heavy atom. The van der Waals surface area contributed by atoms with Crippen LogP contribution in [0.5, 0.6) is 0 Å². The summed E-state index contributed by atoms with van der Waals surface area (Å²) in [7, 11) is -3.53. The van der Waals surface area contributed by atoms with Crippen molar-refractivity contribution in [3.8, 4) is 0 Å². The van der Waals surface area contributed by atoms with Gasteiger partial charge in [0.15, 0.2) is 24.6 Å². The lowest BCUT2D eigenvalue weighted by atomic mass is 9.97. The fraction of sp³-hybridized carbons (Fsp3) is 0.205. The van der Waals surface area contributed by atoms with Crippen molar-refractivity contribution in [2.24, 2.45) is 0 Å². The zero-order chi connectivity index (χ0) is 38.5. The topological polar surface area (TPSA) is 124 Å². The first-order chi connectivity index (χ1) is 26.8. The lowest BCUT2D eigenvalue weighted by Crippen LogP contribution is -2.63. The Labute approximate surface area is 320 Å². The minimum absolute atomic E-state index is 0.0496. The summed E-state index contributed by atoms with van der Waals surface area (Å²) < 4.78 is 52.0. The maximum absolute atomic E-state index is 14.8. The molecule has 1 aliphatic rings. The summed E-state index contributed by atoms with van der Waals surface area (Å²) >= 11 is 0. The van der Waals surface area contributed by atoms with Gasteiger partial charge in [0.2, 0.25) is 7.37 Å². The van der Waals surface area contributed by atoms with E-state index in [4.69, 9.17) is 28.2 Å². The molecule has 1 heterocycles. The third-order valence-electron chi connectivity index (χ3n) is 8.73. The third kappa shape index (κ3) is 10.7. The average molecular weight is 761 g/mol. The second-order valence-electron chi connectivity index (χ2n) is 12.8. The van der Waals surface area contributed by atoms with Gasteiger partial charge in [-0.25, -0.2) is 14.4 Å². The number of benzene rings is 5. The standard InChI is InChI=1S/C44H41O10P/c1-2-28-49-44-40(54-43(47)36-26-16-7-17-27-36)39(53-42(46)35-24-14-6-15-25-35)38(52-41(45)34-22-12-5-13-23-34)37(51-44)29-50-55(48,30-32-18-8-3-9-19-32)31-33-20-10-4-11-21-33/h2-27,37-40,44H,1,28-31H2/t37-,38-,39+,40+,44+/m1/s1. The number of hydrogen-bond acceptors (Lipinski definition) is 10. The fourth-order valence-corrected chi connectivity index (χ4v) is 8.34. The number of carbonyl (C=O) groups is 3. The van der Waals surface area contributed by atoms with Gasteiger partial charge in [0.25, 0.3) is 0 Å². The minimum Gasteiger partial charge on any atom is -0.452 e. The van der Waals surface area contributed by atoms with Gasteiger partial charge in [-0.3, -0.25) is 4.57 Å². The molecule has 11 heteroatoms. The summed E-state index contributed by atoms with van der Waals surface area (Å²) in [6.45, 7) is 3.31. The predicted molar refractivity (Wildman–Crippen MR) is 206 cm³/mol. The highest BCUT2D eigenvalue weighted by molar-refractivity contribution is 7.57. The van der Waals surface area contributed by atoms with Crippen molar-refractivity contribution in [3.63, 3.8) is 0 Å². The van der Waals surface area contributed by atoms with Gasteiger partial charge in [-0.05, 0) is 47.5 Å². The van der Waals surface area contributed by atoms with Crippen LogP contribution in [0.4, 0.5) is 0 Å². The van der Waals surface area contributed by atoms with Crippen molar-refractivity contribution >= 4 is 25.3 Å². The molecule has 0 aromatic heterocycles. The van der Waals surface area contributed by atoms with Gasteiger partial charge in [-0.2, -0.15) is 0 Å². The zero-order valence-corrected chi connectivity index (χ0v) is 30.9. The van der Waals surface area contributed by atoms with Gasteiger partial charge in [0.05, 0.1) is 42.2 Å². The molecule has 10 nitrogen and oxygen atoms in total. The number of hydrogen-bond donors (Lipinski definition) is 0. The Kier molecular flexibility index (Phi) is 13.6. The Balaban J connectivity index is 1.39. The van der Waals surface area contributed by atoms with E-state index in [1.165, 1.54) is 6.08 Å². The van der Waals surface area contributed by atoms with E-state index in [9.17, 15) is 18.9 Å². The molecule has 0 radical (unpaired) electrons. The predicted octanol–water partition coefficient (Wildman–Crippen LogP) is 8.29. The maximum atomic E-state index is 14.8. The Morgan fingerprint density at radius 2 is 0.945 bits per heavy atom. The average Bonchev–Trinajstić information content (AvgIpc) is 3.22. The largest absolute Gasteiger partial charge is 0.452 e. The van der Waals surface area contributed by atoms with Crippen LogP contribution >= 0.6 is 7.37 Å². The summed E-state index contributed by atoms with van der Waals surface area (Å²) in [5.74, 6) is -2.31. The van der Waals surface area contributed by atoms with E-state index in [1.54, 1.807) is 91.0 Å². The molecule has 5 atom stereocenters. The second-order valence-corrected chi connectivity index (χ2v) is 15.3. The summed E-state index contributed by atoms with van der Waals surface area (Å²) in [6, 6.07) is 43.3. The first-order valence-corrected chi connectivity index (χ1v) is 19.8. The SMILES string of the molecule is C=CCO[C@H]1O[C@H](COP(=O)(Cc2ccccc2)Cc2ccccc2)[C@@H](OC(=O)c2ccccc2)[C@H](OC(=O)c2ccccc2)[C@@H]1OC(=O)c1ccccc1.